The smallest absolute Gasteiger partial charge is 0.0754 e. The van der Waals surface area contributed by atoms with Crippen molar-refractivity contribution in [1.82, 2.24) is 0 Å². The Kier molecular flexibility index (Phi) is 3.89. The van der Waals surface area contributed by atoms with Crippen LogP contribution < -0.4 is 0 Å². The summed E-state index contributed by atoms with van der Waals surface area (Å²) in [6.07, 6.45) is 0. The molecule has 0 N–H and O–H groups in total. The van der Waals surface area contributed by atoms with Crippen LogP contribution in [0.25, 0.3) is 0 Å². The lowest BCUT2D eigenvalue weighted by atomic mass is 10.2. The molecule has 0 aliphatic rings. The van der Waals surface area contributed by atoms with Gasteiger partial charge in [0.15, 0.2) is 0 Å². The number of aliphatic imine (C=N–C) groups is 1. The number of isothiocyanates is 1. The summed E-state index contributed by atoms with van der Waals surface area (Å²) < 4.78 is 0. The third-order valence-electron chi connectivity index (χ3n) is 1.36. The predicted octanol–water partition coefficient (Wildman–Crippen LogP) is 3.97. The Hall–Kier alpha value is -0.210. The van der Waals surface area contributed by atoms with E-state index in [1.165, 1.54) is 0 Å². The Bertz CT molecular complexity index is 334. The highest BCUT2D eigenvalue weighted by Gasteiger charge is 1.98. The normalized spacial score (nSPS) is 9.17. The highest BCUT2D eigenvalue weighted by Crippen LogP contribution is 2.24. The van der Waals surface area contributed by atoms with E-state index in [1.807, 2.05) is 12.1 Å². The lowest BCUT2D eigenvalue weighted by Gasteiger charge is -1.99. The monoisotopic (exact) mass is 261 g/mol. The molecule has 1 aromatic carbocycles. The van der Waals surface area contributed by atoms with Crippen molar-refractivity contribution in [2.24, 2.45) is 4.99 Å². The third-order valence-corrected chi connectivity index (χ3v) is 2.40. The summed E-state index contributed by atoms with van der Waals surface area (Å²) in [5.74, 6) is 0. The molecule has 1 nitrogen and oxygen atoms in total. The quantitative estimate of drug-likeness (QED) is 0.446. The van der Waals surface area contributed by atoms with Crippen LogP contribution in [0.1, 0.15) is 5.56 Å². The van der Waals surface area contributed by atoms with Gasteiger partial charge in [0, 0.05) is 10.4 Å². The zero-order valence-electron chi connectivity index (χ0n) is 6.05. The summed E-state index contributed by atoms with van der Waals surface area (Å²) in [5, 5.41) is 3.72. The van der Waals surface area contributed by atoms with Gasteiger partial charge in [-0.05, 0) is 29.9 Å². The second-order valence-corrected chi connectivity index (χ2v) is 3.26. The zero-order valence-corrected chi connectivity index (χ0v) is 9.21. The first-order valence-corrected chi connectivity index (χ1v) is 5.11. The number of nitrogens with zero attached hydrogens (tertiary/aromatic N) is 1. The van der Waals surface area contributed by atoms with E-state index in [9.17, 15) is 0 Å². The first-order chi connectivity index (χ1) is 5.77. The standard InChI is InChI=1S/C8H5BrClNS/c9-4-6-1-2-7(11-5-12)3-8(6)10/h1-3H,4H2. The van der Waals surface area contributed by atoms with Crippen molar-refractivity contribution in [1.29, 1.82) is 0 Å². The van der Waals surface area contributed by atoms with Gasteiger partial charge in [-0.3, -0.25) is 0 Å². The van der Waals surface area contributed by atoms with Crippen LogP contribution in [0, 0.1) is 0 Å². The van der Waals surface area contributed by atoms with Gasteiger partial charge in [-0.25, -0.2) is 0 Å². The Balaban J connectivity index is 3.09. The van der Waals surface area contributed by atoms with Gasteiger partial charge in [0.05, 0.1) is 10.8 Å². The Morgan fingerprint density at radius 2 is 2.33 bits per heavy atom. The van der Waals surface area contributed by atoms with E-state index in [1.54, 1.807) is 6.07 Å². The van der Waals surface area contributed by atoms with Crippen LogP contribution in [-0.4, -0.2) is 5.16 Å². The van der Waals surface area contributed by atoms with Crippen molar-refractivity contribution in [3.8, 4) is 0 Å². The van der Waals surface area contributed by atoms with E-state index in [4.69, 9.17) is 11.6 Å². The summed E-state index contributed by atoms with van der Waals surface area (Å²) in [5.41, 5.74) is 1.78. The van der Waals surface area contributed by atoms with Gasteiger partial charge in [-0.2, -0.15) is 4.99 Å². The molecule has 62 valence electrons. The lowest BCUT2D eigenvalue weighted by molar-refractivity contribution is 1.42. The van der Waals surface area contributed by atoms with Crippen LogP contribution >= 0.6 is 39.7 Å². The SMILES string of the molecule is S=C=Nc1ccc(CBr)c(Cl)c1. The van der Waals surface area contributed by atoms with Crippen molar-refractivity contribution in [2.75, 3.05) is 0 Å². The number of hydrogen-bond donors (Lipinski definition) is 0. The maximum absolute atomic E-state index is 5.91. The number of alkyl halides is 1. The average molecular weight is 263 g/mol. The topological polar surface area (TPSA) is 12.4 Å². The number of hydrogen-bond acceptors (Lipinski definition) is 2. The molecule has 0 saturated heterocycles. The highest BCUT2D eigenvalue weighted by atomic mass is 79.9. The van der Waals surface area contributed by atoms with Crippen LogP contribution in [0.2, 0.25) is 5.02 Å². The van der Waals surface area contributed by atoms with Crippen molar-refractivity contribution >= 4 is 50.6 Å². The van der Waals surface area contributed by atoms with Crippen molar-refractivity contribution in [3.05, 3.63) is 28.8 Å². The van der Waals surface area contributed by atoms with Gasteiger partial charge in [0.1, 0.15) is 0 Å². The van der Waals surface area contributed by atoms with E-state index in [0.717, 1.165) is 16.6 Å². The van der Waals surface area contributed by atoms with E-state index < -0.39 is 0 Å². The number of benzene rings is 1. The molecule has 0 radical (unpaired) electrons. The molecule has 0 heterocycles. The molecule has 0 aromatic heterocycles. The Morgan fingerprint density at radius 3 is 2.83 bits per heavy atom. The summed E-state index contributed by atoms with van der Waals surface area (Å²) in [6.45, 7) is 0. The highest BCUT2D eigenvalue weighted by molar-refractivity contribution is 9.08. The molecule has 0 bridgehead atoms. The molecule has 0 spiro atoms. The summed E-state index contributed by atoms with van der Waals surface area (Å²) >= 11 is 13.7. The molecule has 0 atom stereocenters. The van der Waals surface area contributed by atoms with E-state index in [-0.39, 0.29) is 0 Å². The second-order valence-electron chi connectivity index (χ2n) is 2.11. The first-order valence-electron chi connectivity index (χ1n) is 3.20. The Labute approximate surface area is 89.6 Å². The zero-order chi connectivity index (χ0) is 8.97. The fraction of sp³-hybridized carbons (Fsp3) is 0.125. The first kappa shape index (κ1) is 9.87. The predicted molar refractivity (Wildman–Crippen MR) is 58.8 cm³/mol. The van der Waals surface area contributed by atoms with E-state index in [2.05, 4.69) is 38.3 Å². The van der Waals surface area contributed by atoms with E-state index >= 15 is 0 Å². The van der Waals surface area contributed by atoms with Crippen molar-refractivity contribution in [2.45, 2.75) is 5.33 Å². The molecular weight excluding hydrogens is 258 g/mol. The molecule has 0 fully saturated rings. The lowest BCUT2D eigenvalue weighted by Crippen LogP contribution is -1.77. The number of halogens is 2. The fourth-order valence-corrected chi connectivity index (χ4v) is 1.76. The number of thiocarbonyl (C=S) groups is 1. The Morgan fingerprint density at radius 1 is 1.58 bits per heavy atom. The van der Waals surface area contributed by atoms with Crippen molar-refractivity contribution < 1.29 is 0 Å². The maximum Gasteiger partial charge on any atom is 0.0754 e. The molecule has 0 aliphatic carbocycles. The van der Waals surface area contributed by atoms with Crippen LogP contribution in [0.5, 0.6) is 0 Å². The minimum absolute atomic E-state index is 0.693. The summed E-state index contributed by atoms with van der Waals surface area (Å²) in [6, 6.07) is 5.52. The third kappa shape index (κ3) is 2.39. The maximum atomic E-state index is 5.91. The van der Waals surface area contributed by atoms with Crippen LogP contribution in [0.3, 0.4) is 0 Å². The molecular formula is C8H5BrClNS. The molecule has 4 heteroatoms. The fourth-order valence-electron chi connectivity index (χ4n) is 0.767. The molecule has 0 saturated carbocycles. The van der Waals surface area contributed by atoms with Crippen molar-refractivity contribution in [3.63, 3.8) is 0 Å². The van der Waals surface area contributed by atoms with Gasteiger partial charge in [0.2, 0.25) is 0 Å². The molecule has 1 aromatic rings. The average Bonchev–Trinajstić information content (AvgIpc) is 2.05. The molecule has 0 unspecified atom stereocenters. The summed E-state index contributed by atoms with van der Waals surface area (Å²) in [7, 11) is 0. The molecule has 0 amide bonds. The van der Waals surface area contributed by atoms with Crippen LogP contribution in [0.15, 0.2) is 23.2 Å². The van der Waals surface area contributed by atoms with Gasteiger partial charge in [0.25, 0.3) is 0 Å². The second kappa shape index (κ2) is 4.73. The molecule has 0 aliphatic heterocycles. The van der Waals surface area contributed by atoms with Gasteiger partial charge >= 0.3 is 0 Å². The minimum atomic E-state index is 0.693. The van der Waals surface area contributed by atoms with Gasteiger partial charge < -0.3 is 0 Å². The largest absolute Gasteiger partial charge is 0.195 e. The van der Waals surface area contributed by atoms with Gasteiger partial charge in [-0.15, -0.1) is 0 Å². The van der Waals surface area contributed by atoms with E-state index in [0.29, 0.717) is 5.02 Å². The molecule has 12 heavy (non-hydrogen) atoms. The summed E-state index contributed by atoms with van der Waals surface area (Å²) in [4.78, 5) is 3.81. The van der Waals surface area contributed by atoms with Crippen LogP contribution in [0.4, 0.5) is 5.69 Å². The van der Waals surface area contributed by atoms with Crippen LogP contribution in [-0.2, 0) is 5.33 Å². The minimum Gasteiger partial charge on any atom is -0.195 e. The van der Waals surface area contributed by atoms with Gasteiger partial charge in [-0.1, -0.05) is 33.6 Å². The number of rotatable bonds is 2. The molecule has 1 rings (SSSR count).